The Hall–Kier alpha value is -2.49. The molecule has 9 heteroatoms. The van der Waals surface area contributed by atoms with E-state index >= 15 is 0 Å². The van der Waals surface area contributed by atoms with Crippen molar-refractivity contribution in [3.8, 4) is 23.3 Å². The van der Waals surface area contributed by atoms with Crippen LogP contribution < -0.4 is 9.47 Å². The summed E-state index contributed by atoms with van der Waals surface area (Å²) < 4.78 is 9.93. The van der Waals surface area contributed by atoms with Gasteiger partial charge >= 0.3 is 12.0 Å². The van der Waals surface area contributed by atoms with Crippen molar-refractivity contribution < 1.29 is 29.9 Å². The van der Waals surface area contributed by atoms with Gasteiger partial charge < -0.3 is 29.9 Å². The molecule has 9 nitrogen and oxygen atoms in total. The molecule has 106 valence electrons. The standard InChI is InChI=1S/C11H11N3O6/c15-4-11(17,18)20-8-3-1-2-7(16)9(8)19-10-13-5-12-6-14-10/h1-3,5-6,15-18H,4H2. The first kappa shape index (κ1) is 13.9. The predicted octanol–water partition coefficient (Wildman–Crippen LogP) is -0.621. The van der Waals surface area contributed by atoms with Gasteiger partial charge in [-0.1, -0.05) is 6.07 Å². The number of aliphatic hydroxyl groups is 3. The van der Waals surface area contributed by atoms with Crippen molar-refractivity contribution in [1.82, 2.24) is 15.0 Å². The maximum Gasteiger partial charge on any atom is 0.346 e. The lowest BCUT2D eigenvalue weighted by Crippen LogP contribution is -2.39. The summed E-state index contributed by atoms with van der Waals surface area (Å²) in [7, 11) is 0. The molecule has 0 unspecified atom stereocenters. The fourth-order valence-electron chi connectivity index (χ4n) is 1.27. The molecule has 1 aromatic heterocycles. The van der Waals surface area contributed by atoms with Gasteiger partial charge in [0, 0.05) is 0 Å². The summed E-state index contributed by atoms with van der Waals surface area (Å²) in [6.45, 7) is -1.08. The van der Waals surface area contributed by atoms with Gasteiger partial charge in [0.15, 0.2) is 11.5 Å². The molecule has 0 aliphatic carbocycles. The van der Waals surface area contributed by atoms with Crippen molar-refractivity contribution in [2.45, 2.75) is 5.97 Å². The summed E-state index contributed by atoms with van der Waals surface area (Å²) in [5, 5.41) is 37.0. The van der Waals surface area contributed by atoms with Crippen molar-refractivity contribution >= 4 is 0 Å². The van der Waals surface area contributed by atoms with E-state index in [1.807, 2.05) is 0 Å². The minimum absolute atomic E-state index is 0.128. The maximum atomic E-state index is 9.72. The molecule has 2 aromatic rings. The lowest BCUT2D eigenvalue weighted by atomic mass is 10.3. The molecule has 0 radical (unpaired) electrons. The van der Waals surface area contributed by atoms with Crippen LogP contribution in [0.3, 0.4) is 0 Å². The number of aromatic hydroxyl groups is 1. The molecule has 0 bridgehead atoms. The third-order valence-electron chi connectivity index (χ3n) is 2.10. The second kappa shape index (κ2) is 5.65. The smallest absolute Gasteiger partial charge is 0.346 e. The van der Waals surface area contributed by atoms with Crippen LogP contribution >= 0.6 is 0 Å². The highest BCUT2D eigenvalue weighted by Gasteiger charge is 2.27. The van der Waals surface area contributed by atoms with E-state index < -0.39 is 12.6 Å². The van der Waals surface area contributed by atoms with Gasteiger partial charge in [-0.15, -0.1) is 0 Å². The Bertz CT molecular complexity index is 578. The molecule has 0 atom stereocenters. The molecule has 4 N–H and O–H groups in total. The molecule has 0 fully saturated rings. The fourth-order valence-corrected chi connectivity index (χ4v) is 1.27. The maximum absolute atomic E-state index is 9.72. The van der Waals surface area contributed by atoms with E-state index in [1.54, 1.807) is 0 Å². The van der Waals surface area contributed by atoms with Crippen LogP contribution in [0.5, 0.6) is 23.3 Å². The first-order valence-electron chi connectivity index (χ1n) is 5.38. The van der Waals surface area contributed by atoms with Crippen molar-refractivity contribution in [3.05, 3.63) is 30.9 Å². The highest BCUT2D eigenvalue weighted by atomic mass is 16.8. The number of rotatable bonds is 5. The second-order valence-corrected chi connectivity index (χ2v) is 3.63. The fraction of sp³-hybridized carbons (Fsp3) is 0.182. The van der Waals surface area contributed by atoms with Gasteiger partial charge in [-0.05, 0) is 12.1 Å². The lowest BCUT2D eigenvalue weighted by Gasteiger charge is -2.21. The number of aromatic nitrogens is 3. The van der Waals surface area contributed by atoms with Crippen molar-refractivity contribution in [1.29, 1.82) is 0 Å². The number of hydrogen-bond acceptors (Lipinski definition) is 9. The molecular weight excluding hydrogens is 270 g/mol. The Morgan fingerprint density at radius 3 is 2.50 bits per heavy atom. The van der Waals surface area contributed by atoms with Gasteiger partial charge in [-0.25, -0.2) is 4.98 Å². The summed E-state index contributed by atoms with van der Waals surface area (Å²) in [4.78, 5) is 11.0. The van der Waals surface area contributed by atoms with Crippen molar-refractivity contribution in [3.63, 3.8) is 0 Å². The number of para-hydroxylation sites is 1. The molecule has 1 aromatic carbocycles. The zero-order valence-electron chi connectivity index (χ0n) is 10.0. The highest BCUT2D eigenvalue weighted by Crippen LogP contribution is 2.39. The van der Waals surface area contributed by atoms with E-state index in [9.17, 15) is 15.3 Å². The molecule has 0 saturated carbocycles. The molecule has 0 aliphatic rings. The van der Waals surface area contributed by atoms with Gasteiger partial charge in [-0.2, -0.15) is 9.97 Å². The van der Waals surface area contributed by atoms with Crippen LogP contribution in [-0.4, -0.2) is 48.0 Å². The first-order valence-corrected chi connectivity index (χ1v) is 5.38. The van der Waals surface area contributed by atoms with E-state index in [-0.39, 0.29) is 23.3 Å². The van der Waals surface area contributed by atoms with Crippen LogP contribution in [0.2, 0.25) is 0 Å². The molecule has 2 rings (SSSR count). The first-order chi connectivity index (χ1) is 9.52. The van der Waals surface area contributed by atoms with Crippen LogP contribution in [0.15, 0.2) is 30.9 Å². The largest absolute Gasteiger partial charge is 0.504 e. The zero-order valence-corrected chi connectivity index (χ0v) is 10.0. The van der Waals surface area contributed by atoms with E-state index in [4.69, 9.17) is 14.6 Å². The van der Waals surface area contributed by atoms with E-state index in [0.717, 1.165) is 0 Å². The van der Waals surface area contributed by atoms with Gasteiger partial charge in [-0.3, -0.25) is 0 Å². The Labute approximate surface area is 112 Å². The van der Waals surface area contributed by atoms with Crippen LogP contribution in [0.25, 0.3) is 0 Å². The Kier molecular flexibility index (Phi) is 3.94. The lowest BCUT2D eigenvalue weighted by molar-refractivity contribution is -0.308. The predicted molar refractivity (Wildman–Crippen MR) is 62.9 cm³/mol. The number of benzene rings is 1. The Balaban J connectivity index is 2.32. The minimum atomic E-state index is -2.81. The van der Waals surface area contributed by atoms with Crippen molar-refractivity contribution in [2.75, 3.05) is 6.61 Å². The van der Waals surface area contributed by atoms with E-state index in [2.05, 4.69) is 15.0 Å². The number of nitrogens with zero attached hydrogens (tertiary/aromatic N) is 3. The van der Waals surface area contributed by atoms with E-state index in [1.165, 1.54) is 30.9 Å². The number of ether oxygens (including phenoxy) is 2. The van der Waals surface area contributed by atoms with Gasteiger partial charge in [0.2, 0.25) is 5.75 Å². The third kappa shape index (κ3) is 3.29. The molecule has 0 amide bonds. The SMILES string of the molecule is OCC(O)(O)Oc1cccc(O)c1Oc1ncncn1. The summed E-state index contributed by atoms with van der Waals surface area (Å²) in [5.74, 6) is -3.61. The molecule has 20 heavy (non-hydrogen) atoms. The molecular formula is C11H11N3O6. The monoisotopic (exact) mass is 281 g/mol. The summed E-state index contributed by atoms with van der Waals surface area (Å²) >= 11 is 0. The number of phenols is 1. The normalized spacial score (nSPS) is 11.2. The van der Waals surface area contributed by atoms with Crippen LogP contribution in [0, 0.1) is 0 Å². The third-order valence-corrected chi connectivity index (χ3v) is 2.10. The highest BCUT2D eigenvalue weighted by molar-refractivity contribution is 5.51. The zero-order chi connectivity index (χ0) is 14.6. The van der Waals surface area contributed by atoms with Crippen LogP contribution in [0.4, 0.5) is 0 Å². The second-order valence-electron chi connectivity index (χ2n) is 3.63. The van der Waals surface area contributed by atoms with Gasteiger partial charge in [0.1, 0.15) is 19.3 Å². The summed E-state index contributed by atoms with van der Waals surface area (Å²) in [6.07, 6.45) is 2.36. The topological polar surface area (TPSA) is 138 Å². The van der Waals surface area contributed by atoms with Gasteiger partial charge in [0.05, 0.1) is 0 Å². The molecule has 0 spiro atoms. The minimum Gasteiger partial charge on any atom is -0.504 e. The quantitative estimate of drug-likeness (QED) is 0.528. The number of phenolic OH excluding ortho intramolecular Hbond substituents is 1. The number of hydrogen-bond donors (Lipinski definition) is 4. The van der Waals surface area contributed by atoms with Crippen LogP contribution in [-0.2, 0) is 0 Å². The van der Waals surface area contributed by atoms with E-state index in [0.29, 0.717) is 0 Å². The van der Waals surface area contributed by atoms with Crippen LogP contribution in [0.1, 0.15) is 0 Å². The molecule has 0 saturated heterocycles. The molecule has 1 heterocycles. The van der Waals surface area contributed by atoms with Gasteiger partial charge in [0.25, 0.3) is 0 Å². The average Bonchev–Trinajstić information content (AvgIpc) is 2.44. The van der Waals surface area contributed by atoms with Crippen molar-refractivity contribution in [2.24, 2.45) is 0 Å². The molecule has 0 aliphatic heterocycles. The Morgan fingerprint density at radius 1 is 1.15 bits per heavy atom. The summed E-state index contributed by atoms with van der Waals surface area (Å²) in [5.41, 5.74) is 0. The average molecular weight is 281 g/mol. The summed E-state index contributed by atoms with van der Waals surface area (Å²) in [6, 6.07) is 3.85. The number of aliphatic hydroxyl groups excluding tert-OH is 1. The Morgan fingerprint density at radius 2 is 1.85 bits per heavy atom.